The zero-order chi connectivity index (χ0) is 13.8. The van der Waals surface area contributed by atoms with Gasteiger partial charge in [-0.15, -0.1) is 0 Å². The third-order valence-corrected chi connectivity index (χ3v) is 4.20. The second-order valence-corrected chi connectivity index (χ2v) is 5.81. The summed E-state index contributed by atoms with van der Waals surface area (Å²) in [5.74, 6) is 1.56. The quantitative estimate of drug-likeness (QED) is 0.826. The van der Waals surface area contributed by atoms with Crippen LogP contribution in [0.1, 0.15) is 38.7 Å². The molecule has 0 amide bonds. The van der Waals surface area contributed by atoms with Crippen LogP contribution < -0.4 is 10.6 Å². The van der Waals surface area contributed by atoms with Gasteiger partial charge in [-0.3, -0.25) is 0 Å². The van der Waals surface area contributed by atoms with Crippen molar-refractivity contribution in [1.82, 2.24) is 0 Å². The SMILES string of the molecule is CC(C)C1CCCN(c2ccc(N)cc2C#N)CC1. The van der Waals surface area contributed by atoms with Gasteiger partial charge in [0.1, 0.15) is 6.07 Å². The van der Waals surface area contributed by atoms with Gasteiger partial charge in [-0.25, -0.2) is 0 Å². The zero-order valence-electron chi connectivity index (χ0n) is 11.9. The fourth-order valence-electron chi connectivity index (χ4n) is 2.95. The third-order valence-electron chi connectivity index (χ3n) is 4.20. The number of nitriles is 1. The van der Waals surface area contributed by atoms with Crippen molar-refractivity contribution >= 4 is 11.4 Å². The molecular formula is C16H23N3. The number of anilines is 2. The van der Waals surface area contributed by atoms with Crippen molar-refractivity contribution in [3.63, 3.8) is 0 Å². The molecule has 1 unspecified atom stereocenters. The number of nitrogens with zero attached hydrogens (tertiary/aromatic N) is 2. The van der Waals surface area contributed by atoms with Crippen LogP contribution in [0.3, 0.4) is 0 Å². The van der Waals surface area contributed by atoms with E-state index in [1.165, 1.54) is 19.3 Å². The van der Waals surface area contributed by atoms with E-state index in [9.17, 15) is 5.26 Å². The first-order valence-electron chi connectivity index (χ1n) is 7.16. The number of hydrogen-bond donors (Lipinski definition) is 1. The van der Waals surface area contributed by atoms with E-state index in [-0.39, 0.29) is 0 Å². The molecule has 0 spiro atoms. The smallest absolute Gasteiger partial charge is 0.101 e. The van der Waals surface area contributed by atoms with E-state index in [0.29, 0.717) is 11.3 Å². The minimum absolute atomic E-state index is 0.662. The number of nitrogens with two attached hydrogens (primary N) is 1. The van der Waals surface area contributed by atoms with Crippen LogP contribution in [0.5, 0.6) is 0 Å². The van der Waals surface area contributed by atoms with Crippen molar-refractivity contribution in [2.45, 2.75) is 33.1 Å². The molecule has 3 heteroatoms. The van der Waals surface area contributed by atoms with E-state index in [4.69, 9.17) is 5.73 Å². The minimum atomic E-state index is 0.662. The lowest BCUT2D eigenvalue weighted by Crippen LogP contribution is -2.25. The first-order chi connectivity index (χ1) is 9.11. The van der Waals surface area contributed by atoms with Crippen molar-refractivity contribution in [3.05, 3.63) is 23.8 Å². The van der Waals surface area contributed by atoms with Gasteiger partial charge in [-0.1, -0.05) is 13.8 Å². The first kappa shape index (κ1) is 13.7. The lowest BCUT2D eigenvalue weighted by molar-refractivity contribution is 0.351. The maximum atomic E-state index is 9.25. The maximum absolute atomic E-state index is 9.25. The summed E-state index contributed by atoms with van der Waals surface area (Å²) in [7, 11) is 0. The summed E-state index contributed by atoms with van der Waals surface area (Å²) < 4.78 is 0. The topological polar surface area (TPSA) is 53.0 Å². The second-order valence-electron chi connectivity index (χ2n) is 5.81. The molecule has 102 valence electrons. The third kappa shape index (κ3) is 3.20. The van der Waals surface area contributed by atoms with Crippen LogP contribution in [0.4, 0.5) is 11.4 Å². The van der Waals surface area contributed by atoms with E-state index in [1.807, 2.05) is 12.1 Å². The minimum Gasteiger partial charge on any atom is -0.399 e. The molecule has 1 aromatic carbocycles. The summed E-state index contributed by atoms with van der Waals surface area (Å²) in [6.45, 7) is 6.71. The summed E-state index contributed by atoms with van der Waals surface area (Å²) in [5, 5.41) is 9.25. The molecule has 0 radical (unpaired) electrons. The predicted octanol–water partition coefficient (Wildman–Crippen LogP) is 3.40. The highest BCUT2D eigenvalue weighted by molar-refractivity contribution is 5.64. The fraction of sp³-hybridized carbons (Fsp3) is 0.562. The van der Waals surface area contributed by atoms with Gasteiger partial charge >= 0.3 is 0 Å². The van der Waals surface area contributed by atoms with E-state index >= 15 is 0 Å². The predicted molar refractivity (Wildman–Crippen MR) is 80.0 cm³/mol. The molecule has 2 rings (SSSR count). The van der Waals surface area contributed by atoms with Gasteiger partial charge in [0, 0.05) is 18.8 Å². The van der Waals surface area contributed by atoms with Crippen molar-refractivity contribution in [2.24, 2.45) is 11.8 Å². The second kappa shape index (κ2) is 5.97. The molecular weight excluding hydrogens is 234 g/mol. The van der Waals surface area contributed by atoms with E-state index in [1.54, 1.807) is 6.07 Å². The van der Waals surface area contributed by atoms with Gasteiger partial charge < -0.3 is 10.6 Å². The van der Waals surface area contributed by atoms with Crippen LogP contribution in [-0.4, -0.2) is 13.1 Å². The molecule has 19 heavy (non-hydrogen) atoms. The Morgan fingerprint density at radius 2 is 2.11 bits per heavy atom. The number of hydrogen-bond acceptors (Lipinski definition) is 3. The van der Waals surface area contributed by atoms with Crippen LogP contribution >= 0.6 is 0 Å². The van der Waals surface area contributed by atoms with Crippen LogP contribution in [0.2, 0.25) is 0 Å². The van der Waals surface area contributed by atoms with Crippen LogP contribution in [-0.2, 0) is 0 Å². The van der Waals surface area contributed by atoms with E-state index in [2.05, 4.69) is 24.8 Å². The average molecular weight is 257 g/mol. The molecule has 1 aromatic rings. The summed E-state index contributed by atoms with van der Waals surface area (Å²) in [6.07, 6.45) is 3.72. The molecule has 1 fully saturated rings. The van der Waals surface area contributed by atoms with Gasteiger partial charge in [0.2, 0.25) is 0 Å². The monoisotopic (exact) mass is 257 g/mol. The average Bonchev–Trinajstić information content (AvgIpc) is 2.64. The molecule has 0 aromatic heterocycles. The van der Waals surface area contributed by atoms with Crippen LogP contribution in [0.25, 0.3) is 0 Å². The molecule has 0 saturated carbocycles. The van der Waals surface area contributed by atoms with Crippen molar-refractivity contribution in [2.75, 3.05) is 23.7 Å². The largest absolute Gasteiger partial charge is 0.399 e. The standard InChI is InChI=1S/C16H23N3/c1-12(2)13-4-3-8-19(9-7-13)16-6-5-15(18)10-14(16)11-17/h5-6,10,12-13H,3-4,7-9,18H2,1-2H3. The van der Waals surface area contributed by atoms with Crippen LogP contribution in [0, 0.1) is 23.2 Å². The first-order valence-corrected chi connectivity index (χ1v) is 7.16. The fourth-order valence-corrected chi connectivity index (χ4v) is 2.95. The maximum Gasteiger partial charge on any atom is 0.101 e. The van der Waals surface area contributed by atoms with Gasteiger partial charge in [-0.05, 0) is 49.3 Å². The normalized spacial score (nSPS) is 20.1. The number of rotatable bonds is 2. The van der Waals surface area contributed by atoms with Crippen molar-refractivity contribution in [1.29, 1.82) is 5.26 Å². The summed E-state index contributed by atoms with van der Waals surface area (Å²) >= 11 is 0. The van der Waals surface area contributed by atoms with E-state index < -0.39 is 0 Å². The molecule has 1 heterocycles. The molecule has 3 nitrogen and oxygen atoms in total. The molecule has 1 aliphatic heterocycles. The Morgan fingerprint density at radius 3 is 2.79 bits per heavy atom. The zero-order valence-corrected chi connectivity index (χ0v) is 11.9. The summed E-state index contributed by atoms with van der Waals surface area (Å²) in [6, 6.07) is 7.92. The van der Waals surface area contributed by atoms with Gasteiger partial charge in [-0.2, -0.15) is 5.26 Å². The molecule has 1 atom stereocenters. The summed E-state index contributed by atoms with van der Waals surface area (Å²) in [4.78, 5) is 2.35. The van der Waals surface area contributed by atoms with Crippen molar-refractivity contribution in [3.8, 4) is 6.07 Å². The Morgan fingerprint density at radius 1 is 1.32 bits per heavy atom. The van der Waals surface area contributed by atoms with Gasteiger partial charge in [0.25, 0.3) is 0 Å². The highest BCUT2D eigenvalue weighted by Crippen LogP contribution is 2.29. The number of benzene rings is 1. The van der Waals surface area contributed by atoms with E-state index in [0.717, 1.165) is 30.6 Å². The van der Waals surface area contributed by atoms with Crippen molar-refractivity contribution < 1.29 is 0 Å². The molecule has 1 saturated heterocycles. The lowest BCUT2D eigenvalue weighted by Gasteiger charge is -2.24. The van der Waals surface area contributed by atoms with Gasteiger partial charge in [0.15, 0.2) is 0 Å². The number of nitrogen functional groups attached to an aromatic ring is 1. The Hall–Kier alpha value is -1.69. The lowest BCUT2D eigenvalue weighted by atomic mass is 9.89. The molecule has 1 aliphatic rings. The Balaban J connectivity index is 2.17. The highest BCUT2D eigenvalue weighted by Gasteiger charge is 2.20. The summed E-state index contributed by atoms with van der Waals surface area (Å²) in [5.41, 5.74) is 8.16. The van der Waals surface area contributed by atoms with Crippen LogP contribution in [0.15, 0.2) is 18.2 Å². The Labute approximate surface area is 116 Å². The highest BCUT2D eigenvalue weighted by atomic mass is 15.1. The van der Waals surface area contributed by atoms with Gasteiger partial charge in [0.05, 0.1) is 11.3 Å². The Kier molecular flexibility index (Phi) is 4.31. The molecule has 2 N–H and O–H groups in total. The molecule has 0 aliphatic carbocycles. The Bertz CT molecular complexity index is 473. The molecule has 0 bridgehead atoms.